The van der Waals surface area contributed by atoms with Crippen LogP contribution >= 0.6 is 15.9 Å². The van der Waals surface area contributed by atoms with E-state index in [0.717, 1.165) is 23.1 Å². The van der Waals surface area contributed by atoms with Crippen LogP contribution in [-0.2, 0) is 12.1 Å². The SMILES string of the molecule is CCCn1ncc(Br)c1C(O)(CC)C(C)C. The van der Waals surface area contributed by atoms with Crippen molar-refractivity contribution in [2.45, 2.75) is 52.7 Å². The highest BCUT2D eigenvalue weighted by Crippen LogP contribution is 2.37. The Labute approximate surface area is 106 Å². The summed E-state index contributed by atoms with van der Waals surface area (Å²) in [6.45, 7) is 9.05. The molecule has 0 fully saturated rings. The van der Waals surface area contributed by atoms with Crippen LogP contribution in [0, 0.1) is 5.92 Å². The average molecular weight is 289 g/mol. The predicted molar refractivity (Wildman–Crippen MR) is 69.2 cm³/mol. The summed E-state index contributed by atoms with van der Waals surface area (Å²) in [4.78, 5) is 0. The van der Waals surface area contributed by atoms with Gasteiger partial charge in [0, 0.05) is 6.54 Å². The zero-order valence-electron chi connectivity index (χ0n) is 10.5. The molecule has 0 radical (unpaired) electrons. The van der Waals surface area contributed by atoms with Crippen molar-refractivity contribution in [2.24, 2.45) is 5.92 Å². The minimum Gasteiger partial charge on any atom is -0.383 e. The van der Waals surface area contributed by atoms with Crippen LogP contribution in [0.4, 0.5) is 0 Å². The van der Waals surface area contributed by atoms with Gasteiger partial charge in [-0.3, -0.25) is 4.68 Å². The van der Waals surface area contributed by atoms with E-state index in [2.05, 4.69) is 28.0 Å². The summed E-state index contributed by atoms with van der Waals surface area (Å²) >= 11 is 3.49. The topological polar surface area (TPSA) is 38.0 Å². The lowest BCUT2D eigenvalue weighted by molar-refractivity contribution is -0.0228. The maximum Gasteiger partial charge on any atom is 0.109 e. The molecule has 1 unspecified atom stereocenters. The molecule has 0 saturated carbocycles. The Bertz CT molecular complexity index is 349. The normalized spacial score (nSPS) is 15.4. The summed E-state index contributed by atoms with van der Waals surface area (Å²) in [6, 6.07) is 0. The highest BCUT2D eigenvalue weighted by Gasteiger charge is 2.36. The molecule has 0 aliphatic heterocycles. The van der Waals surface area contributed by atoms with Gasteiger partial charge in [-0.15, -0.1) is 0 Å². The van der Waals surface area contributed by atoms with Crippen molar-refractivity contribution in [1.29, 1.82) is 0 Å². The monoisotopic (exact) mass is 288 g/mol. The second-order valence-electron chi connectivity index (χ2n) is 4.50. The van der Waals surface area contributed by atoms with Gasteiger partial charge in [0.2, 0.25) is 0 Å². The average Bonchev–Trinajstić information content (AvgIpc) is 2.59. The molecule has 1 aromatic rings. The molecule has 0 spiro atoms. The fraction of sp³-hybridized carbons (Fsp3) is 0.750. The molecule has 1 rings (SSSR count). The lowest BCUT2D eigenvalue weighted by Crippen LogP contribution is -2.34. The quantitative estimate of drug-likeness (QED) is 0.903. The first kappa shape index (κ1) is 13.7. The Morgan fingerprint density at radius 2 is 2.12 bits per heavy atom. The highest BCUT2D eigenvalue weighted by atomic mass is 79.9. The van der Waals surface area contributed by atoms with Crippen LogP contribution in [0.2, 0.25) is 0 Å². The second-order valence-corrected chi connectivity index (χ2v) is 5.35. The molecule has 1 heterocycles. The van der Waals surface area contributed by atoms with Gasteiger partial charge in [-0.05, 0) is 34.7 Å². The molecule has 0 aromatic carbocycles. The van der Waals surface area contributed by atoms with Crippen LogP contribution < -0.4 is 0 Å². The van der Waals surface area contributed by atoms with Gasteiger partial charge < -0.3 is 5.11 Å². The van der Waals surface area contributed by atoms with E-state index in [4.69, 9.17) is 0 Å². The van der Waals surface area contributed by atoms with Gasteiger partial charge in [0.15, 0.2) is 0 Å². The van der Waals surface area contributed by atoms with Crippen molar-refractivity contribution in [1.82, 2.24) is 9.78 Å². The summed E-state index contributed by atoms with van der Waals surface area (Å²) in [5, 5.41) is 15.1. The summed E-state index contributed by atoms with van der Waals surface area (Å²) < 4.78 is 2.81. The van der Waals surface area contributed by atoms with E-state index in [1.807, 2.05) is 25.5 Å². The number of rotatable bonds is 5. The first-order valence-electron chi connectivity index (χ1n) is 5.91. The largest absolute Gasteiger partial charge is 0.383 e. The van der Waals surface area contributed by atoms with Crippen molar-refractivity contribution in [3.63, 3.8) is 0 Å². The standard InChI is InChI=1S/C12H21BrN2O/c1-5-7-15-11(10(13)8-14-15)12(16,6-2)9(3)4/h8-9,16H,5-7H2,1-4H3. The Balaban J connectivity index is 3.23. The van der Waals surface area contributed by atoms with Gasteiger partial charge in [-0.25, -0.2) is 0 Å². The molecule has 1 atom stereocenters. The van der Waals surface area contributed by atoms with Crippen LogP contribution in [0.3, 0.4) is 0 Å². The van der Waals surface area contributed by atoms with E-state index < -0.39 is 5.60 Å². The van der Waals surface area contributed by atoms with Gasteiger partial charge in [0.1, 0.15) is 5.60 Å². The van der Waals surface area contributed by atoms with Gasteiger partial charge in [0.05, 0.1) is 16.4 Å². The third kappa shape index (κ3) is 2.33. The number of halogens is 1. The Kier molecular flexibility index (Phi) is 4.56. The van der Waals surface area contributed by atoms with Crippen molar-refractivity contribution < 1.29 is 5.11 Å². The molecule has 0 amide bonds. The fourth-order valence-corrected chi connectivity index (χ4v) is 2.66. The lowest BCUT2D eigenvalue weighted by Gasteiger charge is -2.32. The molecular weight excluding hydrogens is 268 g/mol. The highest BCUT2D eigenvalue weighted by molar-refractivity contribution is 9.10. The van der Waals surface area contributed by atoms with Gasteiger partial charge >= 0.3 is 0 Å². The van der Waals surface area contributed by atoms with E-state index in [9.17, 15) is 5.11 Å². The smallest absolute Gasteiger partial charge is 0.109 e. The fourth-order valence-electron chi connectivity index (χ4n) is 2.02. The van der Waals surface area contributed by atoms with Crippen LogP contribution in [0.5, 0.6) is 0 Å². The molecule has 16 heavy (non-hydrogen) atoms. The van der Waals surface area contributed by atoms with Crippen molar-refractivity contribution in [3.8, 4) is 0 Å². The molecule has 0 aliphatic carbocycles. The second kappa shape index (κ2) is 5.32. The molecular formula is C12H21BrN2O. The summed E-state index contributed by atoms with van der Waals surface area (Å²) in [7, 11) is 0. The van der Waals surface area contributed by atoms with Crippen LogP contribution in [0.15, 0.2) is 10.7 Å². The molecule has 0 aliphatic rings. The third-order valence-electron chi connectivity index (χ3n) is 3.13. The van der Waals surface area contributed by atoms with E-state index in [1.54, 1.807) is 6.20 Å². The zero-order chi connectivity index (χ0) is 12.3. The number of nitrogens with zero attached hydrogens (tertiary/aromatic N) is 2. The first-order chi connectivity index (χ1) is 7.47. The van der Waals surface area contributed by atoms with E-state index in [1.165, 1.54) is 0 Å². The molecule has 1 N–H and O–H groups in total. The van der Waals surface area contributed by atoms with Gasteiger partial charge in [-0.2, -0.15) is 5.10 Å². The van der Waals surface area contributed by atoms with E-state index in [0.29, 0.717) is 6.42 Å². The molecule has 3 nitrogen and oxygen atoms in total. The van der Waals surface area contributed by atoms with E-state index in [-0.39, 0.29) is 5.92 Å². The zero-order valence-corrected chi connectivity index (χ0v) is 12.1. The molecule has 92 valence electrons. The Morgan fingerprint density at radius 1 is 1.50 bits per heavy atom. The van der Waals surface area contributed by atoms with Crippen molar-refractivity contribution in [2.75, 3.05) is 0 Å². The number of hydrogen-bond donors (Lipinski definition) is 1. The van der Waals surface area contributed by atoms with Gasteiger partial charge in [0.25, 0.3) is 0 Å². The molecule has 0 bridgehead atoms. The lowest BCUT2D eigenvalue weighted by atomic mass is 9.84. The van der Waals surface area contributed by atoms with Crippen LogP contribution in [0.1, 0.15) is 46.2 Å². The maximum atomic E-state index is 10.8. The molecule has 0 saturated heterocycles. The third-order valence-corrected chi connectivity index (χ3v) is 3.71. The molecule has 1 aromatic heterocycles. The number of hydrogen-bond acceptors (Lipinski definition) is 2. The Hall–Kier alpha value is -0.350. The predicted octanol–water partition coefficient (Wildman–Crippen LogP) is 3.31. The number of aliphatic hydroxyl groups is 1. The minimum absolute atomic E-state index is 0.168. The summed E-state index contributed by atoms with van der Waals surface area (Å²) in [6.07, 6.45) is 3.48. The molecule has 4 heteroatoms. The number of aromatic nitrogens is 2. The van der Waals surface area contributed by atoms with Crippen molar-refractivity contribution in [3.05, 3.63) is 16.4 Å². The van der Waals surface area contributed by atoms with Crippen molar-refractivity contribution >= 4 is 15.9 Å². The van der Waals surface area contributed by atoms with Crippen LogP contribution in [0.25, 0.3) is 0 Å². The summed E-state index contributed by atoms with van der Waals surface area (Å²) in [5.74, 6) is 0.168. The van der Waals surface area contributed by atoms with Crippen LogP contribution in [-0.4, -0.2) is 14.9 Å². The minimum atomic E-state index is -0.801. The Morgan fingerprint density at radius 3 is 2.56 bits per heavy atom. The number of aryl methyl sites for hydroxylation is 1. The first-order valence-corrected chi connectivity index (χ1v) is 6.70. The maximum absolute atomic E-state index is 10.8. The summed E-state index contributed by atoms with van der Waals surface area (Å²) in [5.41, 5.74) is 0.108. The van der Waals surface area contributed by atoms with E-state index >= 15 is 0 Å². The van der Waals surface area contributed by atoms with Gasteiger partial charge in [-0.1, -0.05) is 27.7 Å².